The third-order valence-corrected chi connectivity index (χ3v) is 3.66. The van der Waals surface area contributed by atoms with E-state index in [1.165, 1.54) is 0 Å². The van der Waals surface area contributed by atoms with Crippen LogP contribution in [0.3, 0.4) is 0 Å². The lowest BCUT2D eigenvalue weighted by Gasteiger charge is -2.07. The molecule has 0 N–H and O–H groups in total. The van der Waals surface area contributed by atoms with E-state index in [0.717, 1.165) is 33.2 Å². The second kappa shape index (κ2) is 5.27. The van der Waals surface area contributed by atoms with Gasteiger partial charge in [0.05, 0.1) is 5.69 Å². The molecular formula is C15H16N2S. The third kappa shape index (κ3) is 2.41. The molecule has 0 aliphatic rings. The number of aromatic nitrogens is 2. The molecule has 2 rings (SSSR count). The van der Waals surface area contributed by atoms with Crippen LogP contribution in [0.1, 0.15) is 29.4 Å². The molecule has 0 amide bonds. The molecule has 2 aromatic rings. The third-order valence-electron chi connectivity index (χ3n) is 2.67. The van der Waals surface area contributed by atoms with Crippen molar-refractivity contribution in [2.24, 2.45) is 0 Å². The quantitative estimate of drug-likeness (QED) is 0.808. The van der Waals surface area contributed by atoms with Crippen LogP contribution in [0.15, 0.2) is 24.1 Å². The Morgan fingerprint density at radius 3 is 2.61 bits per heavy atom. The molecule has 0 unspecified atom stereocenters. The summed E-state index contributed by atoms with van der Waals surface area (Å²) in [5.74, 6) is 0. The first-order chi connectivity index (χ1) is 8.65. The fraction of sp³-hybridized carbons (Fsp3) is 0.200. The predicted molar refractivity (Wildman–Crippen MR) is 79.6 cm³/mol. The van der Waals surface area contributed by atoms with Crippen LogP contribution in [0.4, 0.5) is 0 Å². The summed E-state index contributed by atoms with van der Waals surface area (Å²) < 4.78 is 0. The molecule has 0 atom stereocenters. The zero-order valence-electron chi connectivity index (χ0n) is 10.9. The second-order valence-electron chi connectivity index (χ2n) is 4.09. The lowest BCUT2D eigenvalue weighted by atomic mass is 10.0. The van der Waals surface area contributed by atoms with Crippen LogP contribution in [0.2, 0.25) is 0 Å². The van der Waals surface area contributed by atoms with E-state index in [2.05, 4.69) is 22.6 Å². The van der Waals surface area contributed by atoms with Crippen molar-refractivity contribution in [1.29, 1.82) is 0 Å². The minimum atomic E-state index is 0.925. The van der Waals surface area contributed by atoms with E-state index in [1.807, 2.05) is 44.4 Å². The van der Waals surface area contributed by atoms with Crippen molar-refractivity contribution in [3.63, 3.8) is 0 Å². The molecule has 18 heavy (non-hydrogen) atoms. The fourth-order valence-corrected chi connectivity index (χ4v) is 2.60. The van der Waals surface area contributed by atoms with E-state index in [-0.39, 0.29) is 0 Å². The average molecular weight is 256 g/mol. The smallest absolute Gasteiger partial charge is 0.142 e. The maximum Gasteiger partial charge on any atom is 0.142 e. The number of rotatable bonds is 3. The molecule has 0 fully saturated rings. The van der Waals surface area contributed by atoms with Crippen LogP contribution in [0.25, 0.3) is 22.9 Å². The molecule has 0 bridgehead atoms. The number of aryl methyl sites for hydroxylation is 2. The second-order valence-corrected chi connectivity index (χ2v) is 4.95. The van der Waals surface area contributed by atoms with Crippen molar-refractivity contribution in [1.82, 2.24) is 9.97 Å². The van der Waals surface area contributed by atoms with Crippen LogP contribution in [0, 0.1) is 13.8 Å². The zero-order valence-corrected chi connectivity index (χ0v) is 11.7. The number of nitrogens with zero attached hydrogens (tertiary/aromatic N) is 2. The Morgan fingerprint density at radius 1 is 1.28 bits per heavy atom. The Balaban J connectivity index is 2.59. The molecule has 0 saturated carbocycles. The van der Waals surface area contributed by atoms with Gasteiger partial charge >= 0.3 is 0 Å². The van der Waals surface area contributed by atoms with Crippen LogP contribution >= 0.6 is 11.3 Å². The number of pyridine rings is 1. The number of hydrogen-bond donors (Lipinski definition) is 0. The number of allylic oxidation sites excluding steroid dienone is 1. The van der Waals surface area contributed by atoms with Crippen molar-refractivity contribution in [2.45, 2.75) is 20.8 Å². The van der Waals surface area contributed by atoms with E-state index >= 15 is 0 Å². The summed E-state index contributed by atoms with van der Waals surface area (Å²) in [5.41, 5.74) is 5.20. The predicted octanol–water partition coefficient (Wildman–Crippen LogP) is 4.50. The number of hydrogen-bond acceptors (Lipinski definition) is 3. The van der Waals surface area contributed by atoms with E-state index in [9.17, 15) is 0 Å². The Morgan fingerprint density at radius 2 is 2.06 bits per heavy atom. The summed E-state index contributed by atoms with van der Waals surface area (Å²) in [6, 6.07) is 2.05. The summed E-state index contributed by atoms with van der Waals surface area (Å²) in [5, 5.41) is 3.01. The molecular weight excluding hydrogens is 240 g/mol. The van der Waals surface area contributed by atoms with Crippen LogP contribution < -0.4 is 0 Å². The first kappa shape index (κ1) is 12.7. The maximum atomic E-state index is 4.63. The molecule has 2 nitrogen and oxygen atoms in total. The Hall–Kier alpha value is -1.74. The van der Waals surface area contributed by atoms with Crippen molar-refractivity contribution in [3.8, 4) is 10.7 Å². The molecule has 3 heteroatoms. The standard InChI is InChI=1S/C15H16N2S/c1-5-7-13-11(4)17-14(8-12(13)6-2)15-16-10(3)9-18-15/h5-9H,2H2,1,3-4H3/b7-5-. The van der Waals surface area contributed by atoms with Crippen molar-refractivity contribution in [2.75, 3.05) is 0 Å². The van der Waals surface area contributed by atoms with Gasteiger partial charge in [-0.25, -0.2) is 9.97 Å². The van der Waals surface area contributed by atoms with Crippen molar-refractivity contribution < 1.29 is 0 Å². The number of thiazole rings is 1. The van der Waals surface area contributed by atoms with Gasteiger partial charge in [-0.3, -0.25) is 0 Å². The van der Waals surface area contributed by atoms with Gasteiger partial charge in [-0.2, -0.15) is 0 Å². The molecule has 0 saturated heterocycles. The molecule has 0 radical (unpaired) electrons. The van der Waals surface area contributed by atoms with E-state index in [4.69, 9.17) is 0 Å². The van der Waals surface area contributed by atoms with Gasteiger partial charge in [0.25, 0.3) is 0 Å². The largest absolute Gasteiger partial charge is 0.250 e. The SMILES string of the molecule is C=Cc1cc(-c2nc(C)cs2)nc(C)c1/C=C\C. The topological polar surface area (TPSA) is 25.8 Å². The molecule has 0 aliphatic carbocycles. The summed E-state index contributed by atoms with van der Waals surface area (Å²) in [6.07, 6.45) is 5.95. The Labute approximate surface area is 112 Å². The molecule has 0 aliphatic heterocycles. The van der Waals surface area contributed by atoms with Gasteiger partial charge in [0.2, 0.25) is 0 Å². The minimum Gasteiger partial charge on any atom is -0.250 e. The fourth-order valence-electron chi connectivity index (χ4n) is 1.84. The van der Waals surface area contributed by atoms with Gasteiger partial charge in [-0.15, -0.1) is 11.3 Å². The van der Waals surface area contributed by atoms with E-state index in [0.29, 0.717) is 0 Å². The summed E-state index contributed by atoms with van der Waals surface area (Å²) in [4.78, 5) is 9.11. The highest BCUT2D eigenvalue weighted by atomic mass is 32.1. The van der Waals surface area contributed by atoms with Gasteiger partial charge in [-0.05, 0) is 32.4 Å². The van der Waals surface area contributed by atoms with Crippen molar-refractivity contribution in [3.05, 3.63) is 46.6 Å². The normalized spacial score (nSPS) is 11.1. The average Bonchev–Trinajstić information content (AvgIpc) is 2.78. The van der Waals surface area contributed by atoms with E-state index < -0.39 is 0 Å². The van der Waals surface area contributed by atoms with Crippen molar-refractivity contribution >= 4 is 23.5 Å². The molecule has 0 aromatic carbocycles. The van der Waals surface area contributed by atoms with Crippen LogP contribution in [-0.2, 0) is 0 Å². The first-order valence-corrected chi connectivity index (χ1v) is 6.73. The molecule has 92 valence electrons. The highest BCUT2D eigenvalue weighted by molar-refractivity contribution is 7.13. The van der Waals surface area contributed by atoms with Crippen LogP contribution in [0.5, 0.6) is 0 Å². The molecule has 0 spiro atoms. The minimum absolute atomic E-state index is 0.925. The van der Waals surface area contributed by atoms with Gasteiger partial charge in [0, 0.05) is 22.3 Å². The first-order valence-electron chi connectivity index (χ1n) is 5.85. The summed E-state index contributed by atoms with van der Waals surface area (Å²) in [7, 11) is 0. The lowest BCUT2D eigenvalue weighted by molar-refractivity contribution is 1.17. The monoisotopic (exact) mass is 256 g/mol. The zero-order chi connectivity index (χ0) is 13.1. The van der Waals surface area contributed by atoms with Gasteiger partial charge in [0.1, 0.15) is 5.01 Å². The van der Waals surface area contributed by atoms with Gasteiger partial charge < -0.3 is 0 Å². The highest BCUT2D eigenvalue weighted by Gasteiger charge is 2.09. The Kier molecular flexibility index (Phi) is 3.72. The van der Waals surface area contributed by atoms with Gasteiger partial charge in [-0.1, -0.05) is 24.8 Å². The molecule has 2 aromatic heterocycles. The Bertz CT molecular complexity index is 609. The highest BCUT2D eigenvalue weighted by Crippen LogP contribution is 2.26. The molecule has 2 heterocycles. The summed E-state index contributed by atoms with van der Waals surface area (Å²) >= 11 is 1.62. The summed E-state index contributed by atoms with van der Waals surface area (Å²) in [6.45, 7) is 9.90. The maximum absolute atomic E-state index is 4.63. The van der Waals surface area contributed by atoms with Gasteiger partial charge in [0.15, 0.2) is 0 Å². The van der Waals surface area contributed by atoms with E-state index in [1.54, 1.807) is 11.3 Å². The van der Waals surface area contributed by atoms with Crippen LogP contribution in [-0.4, -0.2) is 9.97 Å². The lowest BCUT2D eigenvalue weighted by Crippen LogP contribution is -1.94.